The molecule has 0 aromatic heterocycles. The van der Waals surface area contributed by atoms with Gasteiger partial charge in [0.1, 0.15) is 0 Å². The van der Waals surface area contributed by atoms with Crippen LogP contribution in [0.4, 0.5) is 0 Å². The van der Waals surface area contributed by atoms with Gasteiger partial charge in [0.2, 0.25) is 0 Å². The summed E-state index contributed by atoms with van der Waals surface area (Å²) in [6.45, 7) is 10.1. The van der Waals surface area contributed by atoms with Gasteiger partial charge in [-0.05, 0) is 26.7 Å². The van der Waals surface area contributed by atoms with E-state index in [4.69, 9.17) is 14.6 Å². The van der Waals surface area contributed by atoms with Gasteiger partial charge in [-0.25, -0.2) is 9.59 Å². The molecule has 2 N–H and O–H groups in total. The third kappa shape index (κ3) is 13.2. The predicted octanol–water partition coefficient (Wildman–Crippen LogP) is 4.15. The number of hydrogen-bond donors (Lipinski definition) is 2. The lowest BCUT2D eigenvalue weighted by Crippen LogP contribution is -2.40. The molecule has 0 heterocycles. The van der Waals surface area contributed by atoms with Crippen LogP contribution in [0.15, 0.2) is 24.3 Å². The van der Waals surface area contributed by atoms with Gasteiger partial charge in [-0.3, -0.25) is 0 Å². The second-order valence-electron chi connectivity index (χ2n) is 7.06. The number of rotatable bonds is 16. The summed E-state index contributed by atoms with van der Waals surface area (Å²) in [5, 5.41) is 19.1. The molecule has 0 aromatic carbocycles. The minimum Gasteiger partial charge on any atom is -0.396 e. The second kappa shape index (κ2) is 14.4. The van der Waals surface area contributed by atoms with Gasteiger partial charge in [0.25, 0.3) is 0 Å². The van der Waals surface area contributed by atoms with Crippen molar-refractivity contribution in [1.82, 2.24) is 0 Å². The molecule has 0 spiro atoms. The van der Waals surface area contributed by atoms with Crippen LogP contribution >= 0.6 is 0 Å². The summed E-state index contributed by atoms with van der Waals surface area (Å²) in [5.74, 6) is -3.92. The average Bonchev–Trinajstić information content (AvgIpc) is 2.59. The smallest absolute Gasteiger partial charge is 0.373 e. The summed E-state index contributed by atoms with van der Waals surface area (Å²) in [7, 11) is 0. The summed E-state index contributed by atoms with van der Waals surface area (Å²) in [5.41, 5.74) is 0.220. The SMILES string of the molecule is C=C(C)C(=O)OC(O)(CCCCCCCCCCCCO)OC(=O)C(=C)C. The van der Waals surface area contributed by atoms with Crippen LogP contribution in [0.2, 0.25) is 0 Å². The van der Waals surface area contributed by atoms with Crippen molar-refractivity contribution in [3.63, 3.8) is 0 Å². The van der Waals surface area contributed by atoms with Gasteiger partial charge in [-0.1, -0.05) is 64.5 Å². The highest BCUT2D eigenvalue weighted by Crippen LogP contribution is 2.22. The van der Waals surface area contributed by atoms with E-state index in [-0.39, 0.29) is 24.2 Å². The predicted molar refractivity (Wildman–Crippen MR) is 105 cm³/mol. The summed E-state index contributed by atoms with van der Waals surface area (Å²) >= 11 is 0. The molecule has 156 valence electrons. The van der Waals surface area contributed by atoms with Crippen molar-refractivity contribution in [1.29, 1.82) is 0 Å². The Morgan fingerprint density at radius 2 is 1.07 bits per heavy atom. The number of carbonyl (C=O) groups is 2. The van der Waals surface area contributed by atoms with E-state index in [9.17, 15) is 14.7 Å². The number of ether oxygens (including phenoxy) is 2. The molecule has 0 atom stereocenters. The van der Waals surface area contributed by atoms with Gasteiger partial charge >= 0.3 is 17.9 Å². The van der Waals surface area contributed by atoms with Crippen LogP contribution in [0.3, 0.4) is 0 Å². The van der Waals surface area contributed by atoms with Crippen molar-refractivity contribution in [3.8, 4) is 0 Å². The van der Waals surface area contributed by atoms with E-state index >= 15 is 0 Å². The molecule has 0 unspecified atom stereocenters. The highest BCUT2D eigenvalue weighted by Gasteiger charge is 2.36. The lowest BCUT2D eigenvalue weighted by molar-refractivity contribution is -0.325. The fourth-order valence-corrected chi connectivity index (χ4v) is 2.46. The first-order chi connectivity index (χ1) is 12.7. The number of unbranched alkanes of at least 4 members (excludes halogenated alkanes) is 9. The standard InChI is InChI=1S/C21H36O6/c1-17(2)19(23)26-21(25,27-20(24)18(3)4)15-13-11-9-7-5-6-8-10-12-14-16-22/h22,25H,1,3,5-16H2,2,4H3. The zero-order chi connectivity index (χ0) is 20.7. The Kier molecular flexibility index (Phi) is 13.5. The monoisotopic (exact) mass is 384 g/mol. The molecule has 0 aliphatic rings. The van der Waals surface area contributed by atoms with Crippen LogP contribution in [0.1, 0.15) is 84.5 Å². The number of esters is 2. The fourth-order valence-electron chi connectivity index (χ4n) is 2.46. The van der Waals surface area contributed by atoms with Gasteiger partial charge in [0, 0.05) is 17.8 Å². The highest BCUT2D eigenvalue weighted by atomic mass is 16.8. The van der Waals surface area contributed by atoms with Crippen LogP contribution in [0.25, 0.3) is 0 Å². The van der Waals surface area contributed by atoms with E-state index in [1.807, 2.05) is 0 Å². The average molecular weight is 385 g/mol. The maximum atomic E-state index is 11.7. The maximum absolute atomic E-state index is 11.7. The zero-order valence-corrected chi connectivity index (χ0v) is 16.9. The number of carbonyl (C=O) groups excluding carboxylic acids is 2. The molecule has 0 saturated heterocycles. The van der Waals surface area contributed by atoms with E-state index in [2.05, 4.69) is 13.2 Å². The first-order valence-corrected chi connectivity index (χ1v) is 9.83. The summed E-state index contributed by atoms with van der Waals surface area (Å²) < 4.78 is 9.85. The lowest BCUT2D eigenvalue weighted by atomic mass is 10.1. The molecule has 27 heavy (non-hydrogen) atoms. The Labute approximate surface area is 163 Å². The molecule has 0 amide bonds. The van der Waals surface area contributed by atoms with E-state index in [0.717, 1.165) is 44.9 Å². The number of aliphatic hydroxyl groups excluding tert-OH is 1. The molecular formula is C21H36O6. The normalized spacial score (nSPS) is 11.1. The molecule has 6 nitrogen and oxygen atoms in total. The molecule has 0 aliphatic heterocycles. The van der Waals surface area contributed by atoms with Crippen molar-refractivity contribution in [2.75, 3.05) is 6.61 Å². The molecule has 0 aromatic rings. The quantitative estimate of drug-likeness (QED) is 0.180. The Morgan fingerprint density at radius 1 is 0.741 bits per heavy atom. The topological polar surface area (TPSA) is 93.1 Å². The van der Waals surface area contributed by atoms with Gasteiger partial charge in [-0.2, -0.15) is 0 Å². The maximum Gasteiger partial charge on any atom is 0.373 e. The second-order valence-corrected chi connectivity index (χ2v) is 7.06. The third-order valence-electron chi connectivity index (χ3n) is 4.10. The summed E-state index contributed by atoms with van der Waals surface area (Å²) in [6, 6.07) is 0. The van der Waals surface area contributed by atoms with Crippen molar-refractivity contribution in [3.05, 3.63) is 24.3 Å². The summed E-state index contributed by atoms with van der Waals surface area (Å²) in [6.07, 6.45) is 10.1. The van der Waals surface area contributed by atoms with E-state index in [0.29, 0.717) is 6.42 Å². The van der Waals surface area contributed by atoms with E-state index < -0.39 is 17.9 Å². The number of hydrogen-bond acceptors (Lipinski definition) is 6. The molecule has 6 heteroatoms. The molecule has 0 fully saturated rings. The third-order valence-corrected chi connectivity index (χ3v) is 4.10. The van der Waals surface area contributed by atoms with Crippen LogP contribution < -0.4 is 0 Å². The Morgan fingerprint density at radius 3 is 1.41 bits per heavy atom. The van der Waals surface area contributed by atoms with Crippen molar-refractivity contribution < 1.29 is 29.3 Å². The minimum atomic E-state index is -2.29. The fraction of sp³-hybridized carbons (Fsp3) is 0.714. The minimum absolute atomic E-state index is 0.00615. The van der Waals surface area contributed by atoms with Crippen molar-refractivity contribution in [2.24, 2.45) is 0 Å². The Bertz CT molecular complexity index is 455. The molecule has 0 bridgehead atoms. The molecular weight excluding hydrogens is 348 g/mol. The van der Waals surface area contributed by atoms with Gasteiger partial charge in [0.15, 0.2) is 0 Å². The molecule has 0 aliphatic carbocycles. The Balaban J connectivity index is 4.15. The van der Waals surface area contributed by atoms with Gasteiger partial charge in [-0.15, -0.1) is 0 Å². The van der Waals surface area contributed by atoms with Crippen LogP contribution in [0, 0.1) is 0 Å². The van der Waals surface area contributed by atoms with Crippen LogP contribution in [-0.4, -0.2) is 34.7 Å². The van der Waals surface area contributed by atoms with E-state index in [1.54, 1.807) is 0 Å². The van der Waals surface area contributed by atoms with Gasteiger partial charge < -0.3 is 19.7 Å². The van der Waals surface area contributed by atoms with Crippen LogP contribution in [0.5, 0.6) is 0 Å². The molecule has 0 saturated carbocycles. The lowest BCUT2D eigenvalue weighted by Gasteiger charge is -2.27. The first kappa shape index (κ1) is 25.3. The first-order valence-electron chi connectivity index (χ1n) is 9.83. The Hall–Kier alpha value is -1.66. The molecule has 0 radical (unpaired) electrons. The molecule has 0 rings (SSSR count). The van der Waals surface area contributed by atoms with Gasteiger partial charge in [0.05, 0.1) is 6.42 Å². The zero-order valence-electron chi connectivity index (χ0n) is 16.9. The van der Waals surface area contributed by atoms with E-state index in [1.165, 1.54) is 26.7 Å². The van der Waals surface area contributed by atoms with Crippen molar-refractivity contribution >= 4 is 11.9 Å². The largest absolute Gasteiger partial charge is 0.396 e. The highest BCUT2D eigenvalue weighted by molar-refractivity contribution is 5.88. The number of aliphatic hydroxyl groups is 2. The summed E-state index contributed by atoms with van der Waals surface area (Å²) in [4.78, 5) is 23.4. The van der Waals surface area contributed by atoms with Crippen molar-refractivity contribution in [2.45, 2.75) is 90.4 Å². The van der Waals surface area contributed by atoms with Crippen LogP contribution in [-0.2, 0) is 19.1 Å².